The van der Waals surface area contributed by atoms with Crippen LogP contribution in [0.25, 0.3) is 0 Å². The van der Waals surface area contributed by atoms with Crippen LogP contribution in [0.5, 0.6) is 0 Å². The van der Waals surface area contributed by atoms with Crippen molar-refractivity contribution in [2.24, 2.45) is 5.73 Å². The number of nitrogens with two attached hydrogens (primary N) is 1. The summed E-state index contributed by atoms with van der Waals surface area (Å²) in [6.07, 6.45) is 3.78. The van der Waals surface area contributed by atoms with Gasteiger partial charge in [-0.2, -0.15) is 0 Å². The molecule has 62 valence electrons. The summed E-state index contributed by atoms with van der Waals surface area (Å²) in [4.78, 5) is 1.30. The molecule has 1 aromatic heterocycles. The van der Waals surface area contributed by atoms with Crippen molar-refractivity contribution in [2.45, 2.75) is 32.7 Å². The first kappa shape index (κ1) is 8.75. The number of unbranched alkanes of at least 4 members (excludes halogenated alkanes) is 1. The largest absolute Gasteiger partial charge is 0.326 e. The van der Waals surface area contributed by atoms with Gasteiger partial charge in [-0.1, -0.05) is 13.3 Å². The van der Waals surface area contributed by atoms with Crippen LogP contribution in [-0.2, 0) is 13.0 Å². The predicted molar refractivity (Wildman–Crippen MR) is 50.8 cm³/mol. The van der Waals surface area contributed by atoms with Crippen LogP contribution in [0.4, 0.5) is 0 Å². The maximum absolute atomic E-state index is 5.50. The van der Waals surface area contributed by atoms with Crippen LogP contribution in [0.2, 0.25) is 0 Å². The molecule has 1 aromatic rings. The van der Waals surface area contributed by atoms with Crippen molar-refractivity contribution < 1.29 is 0 Å². The van der Waals surface area contributed by atoms with Gasteiger partial charge in [0.15, 0.2) is 0 Å². The Kier molecular flexibility index (Phi) is 3.60. The van der Waals surface area contributed by atoms with Gasteiger partial charge in [-0.05, 0) is 29.9 Å². The van der Waals surface area contributed by atoms with Gasteiger partial charge in [0.05, 0.1) is 0 Å². The van der Waals surface area contributed by atoms with Gasteiger partial charge in [0, 0.05) is 11.4 Å². The van der Waals surface area contributed by atoms with E-state index in [2.05, 4.69) is 18.4 Å². The monoisotopic (exact) mass is 169 g/mol. The Hall–Kier alpha value is -0.340. The first-order valence-corrected chi connectivity index (χ1v) is 5.01. The number of hydrogen-bond acceptors (Lipinski definition) is 2. The summed E-state index contributed by atoms with van der Waals surface area (Å²) < 4.78 is 0. The van der Waals surface area contributed by atoms with E-state index in [4.69, 9.17) is 5.73 Å². The van der Waals surface area contributed by atoms with Gasteiger partial charge < -0.3 is 5.73 Å². The van der Waals surface area contributed by atoms with Gasteiger partial charge in [-0.25, -0.2) is 0 Å². The number of hydrogen-bond donors (Lipinski definition) is 1. The molecule has 1 rings (SSSR count). The molecule has 1 heterocycles. The molecule has 0 fully saturated rings. The van der Waals surface area contributed by atoms with Crippen LogP contribution >= 0.6 is 11.3 Å². The number of aryl methyl sites for hydroxylation is 1. The van der Waals surface area contributed by atoms with Crippen molar-refractivity contribution in [1.82, 2.24) is 0 Å². The normalized spacial score (nSPS) is 10.4. The maximum atomic E-state index is 5.50. The molecule has 0 aliphatic heterocycles. The van der Waals surface area contributed by atoms with Crippen LogP contribution in [0.15, 0.2) is 11.4 Å². The third-order valence-corrected chi connectivity index (χ3v) is 2.74. The van der Waals surface area contributed by atoms with E-state index >= 15 is 0 Å². The average Bonchev–Trinajstić information content (AvgIpc) is 2.48. The van der Waals surface area contributed by atoms with Crippen LogP contribution in [0.1, 0.15) is 30.2 Å². The minimum atomic E-state index is 0.691. The Morgan fingerprint density at radius 2 is 2.36 bits per heavy atom. The molecule has 1 nitrogen and oxygen atoms in total. The zero-order valence-corrected chi connectivity index (χ0v) is 7.79. The lowest BCUT2D eigenvalue weighted by Gasteiger charge is -1.91. The van der Waals surface area contributed by atoms with Crippen LogP contribution in [0, 0.1) is 0 Å². The summed E-state index contributed by atoms with van der Waals surface area (Å²) in [6.45, 7) is 2.91. The predicted octanol–water partition coefficient (Wildman–Crippen LogP) is 2.55. The molecule has 0 saturated heterocycles. The molecule has 0 spiro atoms. The Morgan fingerprint density at radius 3 is 2.91 bits per heavy atom. The van der Waals surface area contributed by atoms with Gasteiger partial charge in [0.1, 0.15) is 0 Å². The van der Waals surface area contributed by atoms with Gasteiger partial charge in [0.25, 0.3) is 0 Å². The van der Waals surface area contributed by atoms with Crippen molar-refractivity contribution in [2.75, 3.05) is 0 Å². The summed E-state index contributed by atoms with van der Waals surface area (Å²) >= 11 is 1.77. The molecular formula is C9H15NS. The lowest BCUT2D eigenvalue weighted by molar-refractivity contribution is 0.796. The number of thiophene rings is 1. The molecule has 0 bridgehead atoms. The molecule has 2 heteroatoms. The maximum Gasteiger partial charge on any atom is 0.0273 e. The highest BCUT2D eigenvalue weighted by Crippen LogP contribution is 2.15. The zero-order chi connectivity index (χ0) is 8.10. The third-order valence-electron chi connectivity index (χ3n) is 1.73. The summed E-state index contributed by atoms with van der Waals surface area (Å²) in [5, 5.41) is 2.22. The smallest absolute Gasteiger partial charge is 0.0273 e. The van der Waals surface area contributed by atoms with Crippen molar-refractivity contribution in [3.8, 4) is 0 Å². The van der Waals surface area contributed by atoms with Crippen molar-refractivity contribution in [3.05, 3.63) is 21.9 Å². The van der Waals surface area contributed by atoms with E-state index in [0.717, 1.165) is 0 Å². The summed E-state index contributed by atoms with van der Waals surface area (Å²) in [5.74, 6) is 0. The molecule has 11 heavy (non-hydrogen) atoms. The molecule has 2 N–H and O–H groups in total. The van der Waals surface area contributed by atoms with Crippen molar-refractivity contribution in [3.63, 3.8) is 0 Å². The Balaban J connectivity index is 2.44. The second kappa shape index (κ2) is 4.52. The fraction of sp³-hybridized carbons (Fsp3) is 0.556. The van der Waals surface area contributed by atoms with Gasteiger partial charge in [-0.15, -0.1) is 11.3 Å². The molecule has 0 atom stereocenters. The van der Waals surface area contributed by atoms with Crippen molar-refractivity contribution >= 4 is 11.3 Å². The van der Waals surface area contributed by atoms with Gasteiger partial charge in [-0.3, -0.25) is 0 Å². The zero-order valence-electron chi connectivity index (χ0n) is 6.97. The number of rotatable bonds is 4. The molecule has 0 amide bonds. The fourth-order valence-electron chi connectivity index (χ4n) is 1.05. The first-order chi connectivity index (χ1) is 5.36. The van der Waals surface area contributed by atoms with E-state index in [-0.39, 0.29) is 0 Å². The molecule has 0 aliphatic rings. The second-order valence-corrected chi connectivity index (χ2v) is 3.72. The third kappa shape index (κ3) is 2.64. The van der Waals surface area contributed by atoms with E-state index in [1.807, 2.05) is 0 Å². The lowest BCUT2D eigenvalue weighted by Crippen LogP contribution is -1.91. The van der Waals surface area contributed by atoms with Crippen LogP contribution in [0.3, 0.4) is 0 Å². The van der Waals surface area contributed by atoms with Crippen molar-refractivity contribution in [1.29, 1.82) is 0 Å². The average molecular weight is 169 g/mol. The quantitative estimate of drug-likeness (QED) is 0.736. The Labute approximate surface area is 72.2 Å². The van der Waals surface area contributed by atoms with Gasteiger partial charge >= 0.3 is 0 Å². The molecule has 0 radical (unpaired) electrons. The highest BCUT2D eigenvalue weighted by molar-refractivity contribution is 7.10. The van der Waals surface area contributed by atoms with Crippen LogP contribution < -0.4 is 5.73 Å². The lowest BCUT2D eigenvalue weighted by atomic mass is 10.1. The Morgan fingerprint density at radius 1 is 1.55 bits per heavy atom. The van der Waals surface area contributed by atoms with Gasteiger partial charge in [0.2, 0.25) is 0 Å². The molecule has 0 saturated carbocycles. The van der Waals surface area contributed by atoms with E-state index in [0.29, 0.717) is 6.54 Å². The highest BCUT2D eigenvalue weighted by Gasteiger charge is 1.96. The minimum absolute atomic E-state index is 0.691. The second-order valence-electron chi connectivity index (χ2n) is 2.73. The van der Waals surface area contributed by atoms with E-state index in [1.165, 1.54) is 29.7 Å². The Bertz CT molecular complexity index is 205. The molecular weight excluding hydrogens is 154 g/mol. The van der Waals surface area contributed by atoms with E-state index < -0.39 is 0 Å². The fourth-order valence-corrected chi connectivity index (χ4v) is 1.85. The molecule has 0 aromatic carbocycles. The summed E-state index contributed by atoms with van der Waals surface area (Å²) in [6, 6.07) is 2.22. The minimum Gasteiger partial charge on any atom is -0.326 e. The molecule has 0 aliphatic carbocycles. The SMILES string of the molecule is CCCCc1csc(CN)c1. The topological polar surface area (TPSA) is 26.0 Å². The molecule has 0 unspecified atom stereocenters. The van der Waals surface area contributed by atoms with E-state index in [9.17, 15) is 0 Å². The highest BCUT2D eigenvalue weighted by atomic mass is 32.1. The summed E-state index contributed by atoms with van der Waals surface area (Å²) in [5.41, 5.74) is 6.96. The van der Waals surface area contributed by atoms with Crippen LogP contribution in [-0.4, -0.2) is 0 Å². The summed E-state index contributed by atoms with van der Waals surface area (Å²) in [7, 11) is 0. The standard InChI is InChI=1S/C9H15NS/c1-2-3-4-8-5-9(6-10)11-7-8/h5,7H,2-4,6,10H2,1H3. The first-order valence-electron chi connectivity index (χ1n) is 4.13. The van der Waals surface area contributed by atoms with E-state index in [1.54, 1.807) is 11.3 Å².